The van der Waals surface area contributed by atoms with E-state index in [0.29, 0.717) is 13.0 Å². The fourth-order valence-corrected chi connectivity index (χ4v) is 3.19. The molecule has 2 heterocycles. The molecule has 120 valence electrons. The van der Waals surface area contributed by atoms with E-state index in [1.807, 2.05) is 18.2 Å². The standard InChI is InChI=1S/C18H19FN2O2/c19-15-8-6-13(7-9-15)17(16-5-1-2-10-20-16)21-11-3-4-14(12-21)18(22)23/h1-2,5-10,14,17H,3-4,11-12H2,(H,22,23). The van der Waals surface area contributed by atoms with Gasteiger partial charge < -0.3 is 5.11 Å². The number of likely N-dealkylation sites (tertiary alicyclic amines) is 1. The number of pyridine rings is 1. The van der Waals surface area contributed by atoms with Gasteiger partial charge in [0.05, 0.1) is 17.7 Å². The summed E-state index contributed by atoms with van der Waals surface area (Å²) in [7, 11) is 0. The molecule has 0 amide bonds. The minimum atomic E-state index is -0.756. The molecule has 1 N–H and O–H groups in total. The molecule has 1 aromatic heterocycles. The van der Waals surface area contributed by atoms with Gasteiger partial charge in [-0.1, -0.05) is 18.2 Å². The van der Waals surface area contributed by atoms with Crippen molar-refractivity contribution in [2.24, 2.45) is 5.92 Å². The molecule has 2 aromatic rings. The Balaban J connectivity index is 1.95. The van der Waals surface area contributed by atoms with Crippen LogP contribution in [-0.4, -0.2) is 34.0 Å². The van der Waals surface area contributed by atoms with Crippen molar-refractivity contribution < 1.29 is 14.3 Å². The molecular formula is C18H19FN2O2. The van der Waals surface area contributed by atoms with E-state index < -0.39 is 5.97 Å². The van der Waals surface area contributed by atoms with Crippen molar-refractivity contribution in [1.82, 2.24) is 9.88 Å². The number of nitrogens with zero attached hydrogens (tertiary/aromatic N) is 2. The zero-order valence-corrected chi connectivity index (χ0v) is 12.7. The summed E-state index contributed by atoms with van der Waals surface area (Å²) in [4.78, 5) is 17.9. The molecule has 5 heteroatoms. The van der Waals surface area contributed by atoms with Gasteiger partial charge in [0.1, 0.15) is 5.82 Å². The minimum absolute atomic E-state index is 0.154. The van der Waals surface area contributed by atoms with Crippen LogP contribution in [0.3, 0.4) is 0 Å². The quantitative estimate of drug-likeness (QED) is 0.942. The number of aliphatic carboxylic acids is 1. The molecule has 23 heavy (non-hydrogen) atoms. The van der Waals surface area contributed by atoms with Crippen LogP contribution >= 0.6 is 0 Å². The highest BCUT2D eigenvalue weighted by Crippen LogP contribution is 2.31. The van der Waals surface area contributed by atoms with Gasteiger partial charge in [0.15, 0.2) is 0 Å². The lowest BCUT2D eigenvalue weighted by Gasteiger charge is -2.37. The van der Waals surface area contributed by atoms with Gasteiger partial charge in [-0.25, -0.2) is 4.39 Å². The van der Waals surface area contributed by atoms with Crippen molar-refractivity contribution in [3.63, 3.8) is 0 Å². The highest BCUT2D eigenvalue weighted by atomic mass is 19.1. The average Bonchev–Trinajstić information content (AvgIpc) is 2.58. The summed E-state index contributed by atoms with van der Waals surface area (Å²) in [5.41, 5.74) is 1.78. The molecule has 1 fully saturated rings. The van der Waals surface area contributed by atoms with Gasteiger partial charge in [-0.05, 0) is 49.2 Å². The van der Waals surface area contributed by atoms with Gasteiger partial charge in [-0.3, -0.25) is 14.7 Å². The van der Waals surface area contributed by atoms with E-state index in [-0.39, 0.29) is 17.8 Å². The first-order valence-electron chi connectivity index (χ1n) is 7.78. The summed E-state index contributed by atoms with van der Waals surface area (Å²) in [6.07, 6.45) is 3.26. The van der Waals surface area contributed by atoms with E-state index in [4.69, 9.17) is 0 Å². The molecule has 0 aliphatic carbocycles. The molecule has 0 bridgehead atoms. The molecule has 0 spiro atoms. The molecular weight excluding hydrogens is 295 g/mol. The van der Waals surface area contributed by atoms with E-state index >= 15 is 0 Å². The van der Waals surface area contributed by atoms with E-state index in [0.717, 1.165) is 24.2 Å². The van der Waals surface area contributed by atoms with Crippen LogP contribution in [0.2, 0.25) is 0 Å². The number of carboxylic acids is 1. The van der Waals surface area contributed by atoms with Crippen LogP contribution in [-0.2, 0) is 4.79 Å². The summed E-state index contributed by atoms with van der Waals surface area (Å²) >= 11 is 0. The Morgan fingerprint density at radius 3 is 2.70 bits per heavy atom. The van der Waals surface area contributed by atoms with Gasteiger partial charge in [-0.15, -0.1) is 0 Å². The first-order chi connectivity index (χ1) is 11.1. The molecule has 2 unspecified atom stereocenters. The van der Waals surface area contributed by atoms with Crippen molar-refractivity contribution >= 4 is 5.97 Å². The van der Waals surface area contributed by atoms with Crippen LogP contribution in [0.15, 0.2) is 48.7 Å². The van der Waals surface area contributed by atoms with Crippen molar-refractivity contribution in [3.05, 3.63) is 65.7 Å². The Morgan fingerprint density at radius 1 is 1.26 bits per heavy atom. The molecule has 4 nitrogen and oxygen atoms in total. The summed E-state index contributed by atoms with van der Waals surface area (Å²) in [5.74, 6) is -1.40. The van der Waals surface area contributed by atoms with Crippen LogP contribution in [0.4, 0.5) is 4.39 Å². The Hall–Kier alpha value is -2.27. The van der Waals surface area contributed by atoms with Gasteiger partial charge in [0, 0.05) is 12.7 Å². The number of aromatic nitrogens is 1. The van der Waals surface area contributed by atoms with Crippen LogP contribution < -0.4 is 0 Å². The van der Waals surface area contributed by atoms with Gasteiger partial charge >= 0.3 is 5.97 Å². The minimum Gasteiger partial charge on any atom is -0.481 e. The zero-order chi connectivity index (χ0) is 16.2. The third kappa shape index (κ3) is 3.56. The third-order valence-electron chi connectivity index (χ3n) is 4.32. The van der Waals surface area contributed by atoms with E-state index in [1.54, 1.807) is 18.3 Å². The molecule has 1 aromatic carbocycles. The Morgan fingerprint density at radius 2 is 2.04 bits per heavy atom. The maximum atomic E-state index is 13.3. The highest BCUT2D eigenvalue weighted by molar-refractivity contribution is 5.70. The second-order valence-electron chi connectivity index (χ2n) is 5.88. The van der Waals surface area contributed by atoms with Crippen LogP contribution in [0.1, 0.15) is 30.1 Å². The summed E-state index contributed by atoms with van der Waals surface area (Å²) in [5, 5.41) is 9.32. The van der Waals surface area contributed by atoms with E-state index in [2.05, 4.69) is 9.88 Å². The van der Waals surface area contributed by atoms with Crippen LogP contribution in [0.25, 0.3) is 0 Å². The molecule has 3 rings (SSSR count). The number of piperidine rings is 1. The number of rotatable bonds is 4. The predicted molar refractivity (Wildman–Crippen MR) is 84.4 cm³/mol. The van der Waals surface area contributed by atoms with E-state index in [1.165, 1.54) is 12.1 Å². The van der Waals surface area contributed by atoms with Gasteiger partial charge in [0.25, 0.3) is 0 Å². The molecule has 2 atom stereocenters. The van der Waals surface area contributed by atoms with Crippen LogP contribution in [0.5, 0.6) is 0 Å². The normalized spacial score (nSPS) is 20.1. The number of benzene rings is 1. The van der Waals surface area contributed by atoms with Crippen molar-refractivity contribution in [3.8, 4) is 0 Å². The topological polar surface area (TPSA) is 53.4 Å². The maximum Gasteiger partial charge on any atom is 0.307 e. The van der Waals surface area contributed by atoms with Crippen molar-refractivity contribution in [1.29, 1.82) is 0 Å². The summed E-state index contributed by atoms with van der Waals surface area (Å²) in [6, 6.07) is 11.9. The smallest absolute Gasteiger partial charge is 0.307 e. The average molecular weight is 314 g/mol. The Kier molecular flexibility index (Phi) is 4.67. The molecule has 0 saturated carbocycles. The fraction of sp³-hybridized carbons (Fsp3) is 0.333. The first kappa shape index (κ1) is 15.6. The van der Waals surface area contributed by atoms with Crippen molar-refractivity contribution in [2.45, 2.75) is 18.9 Å². The van der Waals surface area contributed by atoms with Crippen LogP contribution in [0, 0.1) is 11.7 Å². The highest BCUT2D eigenvalue weighted by Gasteiger charge is 2.31. The lowest BCUT2D eigenvalue weighted by atomic mass is 9.93. The lowest BCUT2D eigenvalue weighted by molar-refractivity contribution is -0.143. The molecule has 0 radical (unpaired) electrons. The summed E-state index contributed by atoms with van der Waals surface area (Å²) in [6.45, 7) is 1.29. The van der Waals surface area contributed by atoms with E-state index in [9.17, 15) is 14.3 Å². The Bertz CT molecular complexity index is 660. The number of carbonyl (C=O) groups is 1. The molecule has 1 aliphatic rings. The maximum absolute atomic E-state index is 13.3. The monoisotopic (exact) mass is 314 g/mol. The number of hydrogen-bond acceptors (Lipinski definition) is 3. The zero-order valence-electron chi connectivity index (χ0n) is 12.7. The van der Waals surface area contributed by atoms with Gasteiger partial charge in [-0.2, -0.15) is 0 Å². The molecule has 1 saturated heterocycles. The number of halogens is 1. The number of carboxylic acid groups (broad SMARTS) is 1. The fourth-order valence-electron chi connectivity index (χ4n) is 3.19. The summed E-state index contributed by atoms with van der Waals surface area (Å²) < 4.78 is 13.3. The number of hydrogen-bond donors (Lipinski definition) is 1. The lowest BCUT2D eigenvalue weighted by Crippen LogP contribution is -2.41. The second kappa shape index (κ2) is 6.87. The molecule has 1 aliphatic heterocycles. The second-order valence-corrected chi connectivity index (χ2v) is 5.88. The largest absolute Gasteiger partial charge is 0.481 e. The Labute approximate surface area is 134 Å². The van der Waals surface area contributed by atoms with Gasteiger partial charge in [0.2, 0.25) is 0 Å². The van der Waals surface area contributed by atoms with Crippen molar-refractivity contribution in [2.75, 3.05) is 13.1 Å². The first-order valence-corrected chi connectivity index (χ1v) is 7.78. The predicted octanol–water partition coefficient (Wildman–Crippen LogP) is 3.11. The SMILES string of the molecule is O=C(O)C1CCCN(C(c2ccc(F)cc2)c2ccccn2)C1. The third-order valence-corrected chi connectivity index (χ3v) is 4.32.